The van der Waals surface area contributed by atoms with Crippen molar-refractivity contribution in [2.45, 2.75) is 13.0 Å². The van der Waals surface area contributed by atoms with Gasteiger partial charge < -0.3 is 10.6 Å². The number of likely N-dealkylation sites (N-methyl/N-ethyl adjacent to an activating group) is 1. The average Bonchev–Trinajstić information content (AvgIpc) is 3.12. The van der Waals surface area contributed by atoms with Crippen molar-refractivity contribution in [2.75, 3.05) is 7.05 Å². The number of aryl methyl sites for hydroxylation is 2. The molecule has 0 saturated carbocycles. The van der Waals surface area contributed by atoms with Crippen molar-refractivity contribution in [3.05, 3.63) is 83.1 Å². The molecular weight excluding hydrogens is 428 g/mol. The van der Waals surface area contributed by atoms with E-state index in [1.165, 1.54) is 13.1 Å². The van der Waals surface area contributed by atoms with Crippen LogP contribution in [0.3, 0.4) is 0 Å². The zero-order valence-electron chi connectivity index (χ0n) is 18.2. The van der Waals surface area contributed by atoms with E-state index in [0.29, 0.717) is 22.4 Å². The van der Waals surface area contributed by atoms with Crippen LogP contribution >= 0.6 is 0 Å². The fourth-order valence-electron chi connectivity index (χ4n) is 3.73. The Kier molecular flexibility index (Phi) is 5.87. The fraction of sp³-hybridized carbons (Fsp3) is 0.167. The molecular formula is C24H21F2N5O2. The molecule has 0 spiro atoms. The highest BCUT2D eigenvalue weighted by atomic mass is 19.2. The number of halogens is 2. The predicted molar refractivity (Wildman–Crippen MR) is 119 cm³/mol. The van der Waals surface area contributed by atoms with E-state index in [1.54, 1.807) is 24.7 Å². The van der Waals surface area contributed by atoms with Crippen molar-refractivity contribution >= 4 is 22.8 Å². The third-order valence-corrected chi connectivity index (χ3v) is 5.34. The summed E-state index contributed by atoms with van der Waals surface area (Å²) in [6.07, 6.45) is 0. The number of fused-ring (bicyclic) bond motifs is 1. The van der Waals surface area contributed by atoms with Gasteiger partial charge in [-0.2, -0.15) is 5.10 Å². The highest BCUT2D eigenvalue weighted by Crippen LogP contribution is 2.27. The van der Waals surface area contributed by atoms with E-state index in [2.05, 4.69) is 20.7 Å². The molecule has 0 fully saturated rings. The summed E-state index contributed by atoms with van der Waals surface area (Å²) in [5.74, 6) is -3.31. The molecule has 7 nitrogen and oxygen atoms in total. The van der Waals surface area contributed by atoms with Crippen molar-refractivity contribution < 1.29 is 18.4 Å². The Bertz CT molecular complexity index is 1370. The third-order valence-electron chi connectivity index (χ3n) is 5.34. The smallest absolute Gasteiger partial charge is 0.253 e. The van der Waals surface area contributed by atoms with Crippen LogP contribution in [0.4, 0.5) is 8.78 Å². The summed E-state index contributed by atoms with van der Waals surface area (Å²) in [5, 5.41) is 10.0. The average molecular weight is 449 g/mol. The summed E-state index contributed by atoms with van der Waals surface area (Å²) in [6.45, 7) is 1.76. The Morgan fingerprint density at radius 1 is 1.03 bits per heavy atom. The standard InChI is InChI=1S/C24H21F2N5O2/c1-13-20-16(12-19(14-7-5-4-6-8-14)28-22(20)31(3)30-13)23(32)29-21(24(33)27-2)15-9-10-17(25)18(26)11-15/h4-12,21H,1-3H3,(H,27,33)(H,29,32). The van der Waals surface area contributed by atoms with Gasteiger partial charge in [0, 0.05) is 19.7 Å². The SMILES string of the molecule is CNC(=O)C(NC(=O)c1cc(-c2ccccc2)nc2c1c(C)nn2C)c1ccc(F)c(F)c1. The molecule has 0 aliphatic carbocycles. The lowest BCUT2D eigenvalue weighted by Gasteiger charge is -2.18. The number of hydrogen-bond acceptors (Lipinski definition) is 4. The van der Waals surface area contributed by atoms with Crippen molar-refractivity contribution in [1.82, 2.24) is 25.4 Å². The number of pyridine rings is 1. The number of carbonyl (C=O) groups is 2. The van der Waals surface area contributed by atoms with Crippen LogP contribution in [0.1, 0.15) is 27.7 Å². The lowest BCUT2D eigenvalue weighted by atomic mass is 10.0. The van der Waals surface area contributed by atoms with Gasteiger partial charge in [0.25, 0.3) is 5.91 Å². The quantitative estimate of drug-likeness (QED) is 0.489. The number of nitrogens with one attached hydrogen (secondary N) is 2. The number of hydrogen-bond donors (Lipinski definition) is 2. The summed E-state index contributed by atoms with van der Waals surface area (Å²) in [5.41, 5.74) is 2.83. The highest BCUT2D eigenvalue weighted by molar-refractivity contribution is 6.08. The molecule has 9 heteroatoms. The molecule has 0 aliphatic rings. The molecule has 2 N–H and O–H groups in total. The van der Waals surface area contributed by atoms with Crippen molar-refractivity contribution in [1.29, 1.82) is 0 Å². The largest absolute Gasteiger partial charge is 0.357 e. The molecule has 4 aromatic rings. The van der Waals surface area contributed by atoms with E-state index in [4.69, 9.17) is 0 Å². The van der Waals surface area contributed by atoms with Crippen molar-refractivity contribution in [2.24, 2.45) is 7.05 Å². The minimum Gasteiger partial charge on any atom is -0.357 e. The maximum Gasteiger partial charge on any atom is 0.253 e. The molecule has 2 amide bonds. The monoisotopic (exact) mass is 449 g/mol. The van der Waals surface area contributed by atoms with Crippen molar-refractivity contribution in [3.8, 4) is 11.3 Å². The first-order valence-electron chi connectivity index (χ1n) is 10.2. The van der Waals surface area contributed by atoms with E-state index in [-0.39, 0.29) is 11.1 Å². The van der Waals surface area contributed by atoms with Gasteiger partial charge in [0.2, 0.25) is 5.91 Å². The molecule has 168 valence electrons. The number of carbonyl (C=O) groups excluding carboxylic acids is 2. The van der Waals surface area contributed by atoms with Crippen LogP contribution in [0.25, 0.3) is 22.3 Å². The topological polar surface area (TPSA) is 88.9 Å². The van der Waals surface area contributed by atoms with Crippen LogP contribution in [0.2, 0.25) is 0 Å². The second-order valence-corrected chi connectivity index (χ2v) is 7.52. The summed E-state index contributed by atoms with van der Waals surface area (Å²) in [6, 6.07) is 12.8. The van der Waals surface area contributed by atoms with Crippen molar-refractivity contribution in [3.63, 3.8) is 0 Å². The van der Waals surface area contributed by atoms with Crippen LogP contribution in [0.15, 0.2) is 54.6 Å². The Balaban J connectivity index is 1.82. The zero-order valence-corrected chi connectivity index (χ0v) is 18.2. The minimum absolute atomic E-state index is 0.109. The molecule has 4 rings (SSSR count). The molecule has 0 aliphatic heterocycles. The van der Waals surface area contributed by atoms with Crippen LogP contribution < -0.4 is 10.6 Å². The normalized spacial score (nSPS) is 11.9. The third kappa shape index (κ3) is 4.17. The molecule has 1 atom stereocenters. The maximum absolute atomic E-state index is 13.8. The molecule has 0 saturated heterocycles. The van der Waals surface area contributed by atoms with Gasteiger partial charge in [-0.3, -0.25) is 14.3 Å². The highest BCUT2D eigenvalue weighted by Gasteiger charge is 2.26. The molecule has 2 heterocycles. The first-order chi connectivity index (χ1) is 15.8. The number of aromatic nitrogens is 3. The zero-order chi connectivity index (χ0) is 23.7. The number of nitrogens with zero attached hydrogens (tertiary/aromatic N) is 3. The molecule has 2 aromatic heterocycles. The Morgan fingerprint density at radius 2 is 1.76 bits per heavy atom. The van der Waals surface area contributed by atoms with Gasteiger partial charge in [0.15, 0.2) is 17.3 Å². The summed E-state index contributed by atoms with van der Waals surface area (Å²) < 4.78 is 28.8. The predicted octanol–water partition coefficient (Wildman–Crippen LogP) is 3.44. The van der Waals surface area contributed by atoms with E-state index < -0.39 is 29.5 Å². The second kappa shape index (κ2) is 8.78. The van der Waals surface area contributed by atoms with Gasteiger partial charge in [-0.1, -0.05) is 36.4 Å². The second-order valence-electron chi connectivity index (χ2n) is 7.52. The van der Waals surface area contributed by atoms with Gasteiger partial charge in [0.1, 0.15) is 6.04 Å². The van der Waals surface area contributed by atoms with E-state index in [9.17, 15) is 18.4 Å². The van der Waals surface area contributed by atoms with Crippen LogP contribution in [0, 0.1) is 18.6 Å². The fourth-order valence-corrected chi connectivity index (χ4v) is 3.73. The summed E-state index contributed by atoms with van der Waals surface area (Å²) in [7, 11) is 3.12. The Hall–Kier alpha value is -4.14. The van der Waals surface area contributed by atoms with Gasteiger partial charge >= 0.3 is 0 Å². The lowest BCUT2D eigenvalue weighted by Crippen LogP contribution is -2.39. The summed E-state index contributed by atoms with van der Waals surface area (Å²) in [4.78, 5) is 30.6. The van der Waals surface area contributed by atoms with Crippen LogP contribution in [0.5, 0.6) is 0 Å². The van der Waals surface area contributed by atoms with Crippen LogP contribution in [-0.2, 0) is 11.8 Å². The summed E-state index contributed by atoms with van der Waals surface area (Å²) >= 11 is 0. The van der Waals surface area contributed by atoms with Crippen LogP contribution in [-0.4, -0.2) is 33.6 Å². The van der Waals surface area contributed by atoms with Gasteiger partial charge in [-0.15, -0.1) is 0 Å². The van der Waals surface area contributed by atoms with Gasteiger partial charge in [-0.25, -0.2) is 13.8 Å². The number of rotatable bonds is 5. The first-order valence-corrected chi connectivity index (χ1v) is 10.2. The lowest BCUT2D eigenvalue weighted by molar-refractivity contribution is -0.122. The minimum atomic E-state index is -1.24. The van der Waals surface area contributed by atoms with Gasteiger partial charge in [-0.05, 0) is 30.7 Å². The van der Waals surface area contributed by atoms with E-state index in [1.807, 2.05) is 30.3 Å². The van der Waals surface area contributed by atoms with E-state index >= 15 is 0 Å². The Morgan fingerprint density at radius 3 is 2.42 bits per heavy atom. The number of amides is 2. The van der Waals surface area contributed by atoms with Gasteiger partial charge in [0.05, 0.1) is 22.3 Å². The first kappa shape index (κ1) is 22.1. The molecule has 1 unspecified atom stereocenters. The van der Waals surface area contributed by atoms with E-state index in [0.717, 1.165) is 17.7 Å². The Labute approximate surface area is 188 Å². The number of benzene rings is 2. The molecule has 0 bridgehead atoms. The molecule has 33 heavy (non-hydrogen) atoms. The maximum atomic E-state index is 13.8. The molecule has 0 radical (unpaired) electrons. The molecule has 2 aromatic carbocycles.